The SMILES string of the molecule is Nc1ccc(F)c(C(=O)c2c[nH]c3ncc(-c4cnc(-n5ccnc5)cn4)cc23)c1F. The highest BCUT2D eigenvalue weighted by atomic mass is 19.1. The van der Waals surface area contributed by atoms with Crippen molar-refractivity contribution in [1.82, 2.24) is 29.5 Å². The smallest absolute Gasteiger partial charge is 0.201 e. The standard InChI is InChI=1S/C21H13F2N7O/c22-14-1-2-15(24)19(23)18(14)20(31)13-7-29-21-12(13)5-11(6-28-21)16-8-27-17(9-26-16)30-4-3-25-10-30/h1-10H,24H2,(H,28,29). The molecule has 0 aliphatic heterocycles. The lowest BCUT2D eigenvalue weighted by atomic mass is 10.0. The van der Waals surface area contributed by atoms with Gasteiger partial charge in [0.05, 0.1) is 29.3 Å². The van der Waals surface area contributed by atoms with Gasteiger partial charge in [-0.3, -0.25) is 14.3 Å². The van der Waals surface area contributed by atoms with E-state index in [2.05, 4.69) is 24.9 Å². The molecule has 5 rings (SSSR count). The minimum Gasteiger partial charge on any atom is -0.396 e. The first-order valence-electron chi connectivity index (χ1n) is 9.09. The van der Waals surface area contributed by atoms with Crippen LogP contribution in [0.3, 0.4) is 0 Å². The first kappa shape index (κ1) is 18.6. The van der Waals surface area contributed by atoms with E-state index < -0.39 is 23.0 Å². The topological polar surface area (TPSA) is 115 Å². The Bertz CT molecular complexity index is 1430. The summed E-state index contributed by atoms with van der Waals surface area (Å²) in [5, 5.41) is 0.393. The summed E-state index contributed by atoms with van der Waals surface area (Å²) >= 11 is 0. The first-order valence-corrected chi connectivity index (χ1v) is 9.09. The molecular formula is C21H13F2N7O. The molecule has 0 spiro atoms. The lowest BCUT2D eigenvalue weighted by molar-refractivity contribution is 0.103. The van der Waals surface area contributed by atoms with Crippen LogP contribution < -0.4 is 5.73 Å². The summed E-state index contributed by atoms with van der Waals surface area (Å²) in [6, 6.07) is 3.69. The molecule has 5 aromatic rings. The van der Waals surface area contributed by atoms with E-state index >= 15 is 0 Å². The lowest BCUT2D eigenvalue weighted by Crippen LogP contribution is -2.09. The Morgan fingerprint density at radius 1 is 1.10 bits per heavy atom. The van der Waals surface area contributed by atoms with Crippen molar-refractivity contribution in [2.75, 3.05) is 5.73 Å². The van der Waals surface area contributed by atoms with E-state index in [0.29, 0.717) is 28.1 Å². The number of pyridine rings is 1. The number of aromatic amines is 1. The second kappa shape index (κ2) is 7.10. The minimum absolute atomic E-state index is 0.0655. The van der Waals surface area contributed by atoms with E-state index in [4.69, 9.17) is 5.73 Å². The zero-order valence-electron chi connectivity index (χ0n) is 15.8. The molecule has 8 nitrogen and oxygen atoms in total. The van der Waals surface area contributed by atoms with Crippen LogP contribution >= 0.6 is 0 Å². The summed E-state index contributed by atoms with van der Waals surface area (Å²) in [4.78, 5) is 32.7. The number of imidazole rings is 1. The molecule has 3 N–H and O–H groups in total. The number of benzene rings is 1. The van der Waals surface area contributed by atoms with Crippen LogP contribution in [0.15, 0.2) is 61.7 Å². The molecular weight excluding hydrogens is 404 g/mol. The number of aromatic nitrogens is 6. The van der Waals surface area contributed by atoms with Gasteiger partial charge in [0.2, 0.25) is 5.78 Å². The Morgan fingerprint density at radius 2 is 1.97 bits per heavy atom. The van der Waals surface area contributed by atoms with Gasteiger partial charge in [-0.25, -0.2) is 23.7 Å². The van der Waals surface area contributed by atoms with Crippen molar-refractivity contribution in [2.45, 2.75) is 0 Å². The maximum absolute atomic E-state index is 14.4. The molecule has 4 heterocycles. The van der Waals surface area contributed by atoms with Crippen molar-refractivity contribution < 1.29 is 13.6 Å². The lowest BCUT2D eigenvalue weighted by Gasteiger charge is -2.06. The number of H-pyrrole nitrogens is 1. The molecule has 10 heteroatoms. The van der Waals surface area contributed by atoms with Crippen molar-refractivity contribution in [1.29, 1.82) is 0 Å². The largest absolute Gasteiger partial charge is 0.396 e. The molecule has 0 atom stereocenters. The number of halogens is 2. The highest BCUT2D eigenvalue weighted by Crippen LogP contribution is 2.28. The van der Waals surface area contributed by atoms with Gasteiger partial charge < -0.3 is 10.7 Å². The van der Waals surface area contributed by atoms with Gasteiger partial charge in [-0.15, -0.1) is 0 Å². The molecule has 0 bridgehead atoms. The van der Waals surface area contributed by atoms with Crippen molar-refractivity contribution in [3.05, 3.63) is 84.5 Å². The van der Waals surface area contributed by atoms with Crippen LogP contribution in [0.25, 0.3) is 28.1 Å². The number of hydrogen-bond acceptors (Lipinski definition) is 6. The average molecular weight is 417 g/mol. The number of nitrogens with two attached hydrogens (primary N) is 1. The number of carbonyl (C=O) groups is 1. The number of carbonyl (C=O) groups excluding carboxylic acids is 1. The predicted octanol–water partition coefficient (Wildman–Crippen LogP) is 3.30. The van der Waals surface area contributed by atoms with Gasteiger partial charge in [-0.1, -0.05) is 0 Å². The van der Waals surface area contributed by atoms with Gasteiger partial charge in [0.25, 0.3) is 0 Å². The normalized spacial score (nSPS) is 11.2. The van der Waals surface area contributed by atoms with Crippen molar-refractivity contribution in [3.8, 4) is 17.1 Å². The van der Waals surface area contributed by atoms with Gasteiger partial charge in [0, 0.05) is 41.3 Å². The second-order valence-electron chi connectivity index (χ2n) is 6.71. The molecule has 0 unspecified atom stereocenters. The Hall–Kier alpha value is -4.47. The fourth-order valence-electron chi connectivity index (χ4n) is 3.24. The number of hydrogen-bond donors (Lipinski definition) is 2. The Labute approximate surface area is 173 Å². The van der Waals surface area contributed by atoms with E-state index in [0.717, 1.165) is 12.1 Å². The minimum atomic E-state index is -1.09. The molecule has 0 saturated carbocycles. The highest BCUT2D eigenvalue weighted by Gasteiger charge is 2.24. The van der Waals surface area contributed by atoms with E-state index in [1.807, 2.05) is 0 Å². The third-order valence-electron chi connectivity index (χ3n) is 4.83. The molecule has 1 aromatic carbocycles. The number of nitrogen functional groups attached to an aromatic ring is 1. The van der Waals surface area contributed by atoms with Crippen LogP contribution in [0.1, 0.15) is 15.9 Å². The monoisotopic (exact) mass is 417 g/mol. The molecule has 31 heavy (non-hydrogen) atoms. The fourth-order valence-corrected chi connectivity index (χ4v) is 3.24. The third kappa shape index (κ3) is 3.10. The fraction of sp³-hybridized carbons (Fsp3) is 0. The first-order chi connectivity index (χ1) is 15.0. The van der Waals surface area contributed by atoms with E-state index in [1.165, 1.54) is 6.20 Å². The van der Waals surface area contributed by atoms with Crippen LogP contribution in [0.4, 0.5) is 14.5 Å². The van der Waals surface area contributed by atoms with Crippen molar-refractivity contribution >= 4 is 22.5 Å². The highest BCUT2D eigenvalue weighted by molar-refractivity contribution is 6.16. The second-order valence-corrected chi connectivity index (χ2v) is 6.71. The van der Waals surface area contributed by atoms with Crippen LogP contribution in [0, 0.1) is 11.6 Å². The van der Waals surface area contributed by atoms with Crippen molar-refractivity contribution in [2.24, 2.45) is 0 Å². The maximum atomic E-state index is 14.4. The molecule has 0 fully saturated rings. The third-order valence-corrected chi connectivity index (χ3v) is 4.83. The summed E-state index contributed by atoms with van der Waals surface area (Å²) in [6.07, 6.45) is 11.0. The van der Waals surface area contributed by atoms with E-state index in [-0.39, 0.29) is 11.3 Å². The van der Waals surface area contributed by atoms with Gasteiger partial charge >= 0.3 is 0 Å². The van der Waals surface area contributed by atoms with Crippen LogP contribution in [0.5, 0.6) is 0 Å². The van der Waals surface area contributed by atoms with Crippen LogP contribution in [-0.4, -0.2) is 35.3 Å². The Morgan fingerprint density at radius 3 is 2.71 bits per heavy atom. The molecule has 0 aliphatic rings. The maximum Gasteiger partial charge on any atom is 0.201 e. The Balaban J connectivity index is 1.56. The van der Waals surface area contributed by atoms with Gasteiger partial charge in [-0.2, -0.15) is 0 Å². The zero-order valence-corrected chi connectivity index (χ0v) is 15.8. The van der Waals surface area contributed by atoms with Crippen LogP contribution in [0.2, 0.25) is 0 Å². The van der Waals surface area contributed by atoms with Crippen molar-refractivity contribution in [3.63, 3.8) is 0 Å². The Kier molecular flexibility index (Phi) is 4.25. The molecule has 0 radical (unpaired) electrons. The number of nitrogens with zero attached hydrogens (tertiary/aromatic N) is 5. The van der Waals surface area contributed by atoms with E-state index in [1.54, 1.807) is 47.9 Å². The molecule has 4 aromatic heterocycles. The summed E-state index contributed by atoms with van der Waals surface area (Å²) in [5.74, 6) is -2.34. The number of rotatable bonds is 4. The predicted molar refractivity (Wildman–Crippen MR) is 108 cm³/mol. The van der Waals surface area contributed by atoms with Crippen LogP contribution in [-0.2, 0) is 0 Å². The van der Waals surface area contributed by atoms with Gasteiger partial charge in [-0.05, 0) is 18.2 Å². The summed E-state index contributed by atoms with van der Waals surface area (Å²) < 4.78 is 30.3. The molecule has 0 aliphatic carbocycles. The number of fused-ring (bicyclic) bond motifs is 1. The zero-order chi connectivity index (χ0) is 21.5. The number of nitrogens with one attached hydrogen (secondary N) is 1. The van der Waals surface area contributed by atoms with E-state index in [9.17, 15) is 13.6 Å². The summed E-state index contributed by atoms with van der Waals surface area (Å²) in [6.45, 7) is 0. The number of anilines is 1. The molecule has 0 saturated heterocycles. The summed E-state index contributed by atoms with van der Waals surface area (Å²) in [7, 11) is 0. The number of ketones is 1. The molecule has 0 amide bonds. The quantitative estimate of drug-likeness (QED) is 0.342. The summed E-state index contributed by atoms with van der Waals surface area (Å²) in [5.41, 5.74) is 6.04. The van der Waals surface area contributed by atoms with Gasteiger partial charge in [0.1, 0.15) is 17.8 Å². The molecule has 152 valence electrons. The van der Waals surface area contributed by atoms with Gasteiger partial charge in [0.15, 0.2) is 11.6 Å². The average Bonchev–Trinajstić information content (AvgIpc) is 3.46.